The van der Waals surface area contributed by atoms with Gasteiger partial charge in [0.2, 0.25) is 0 Å². The Balaban J connectivity index is 1.58. The lowest BCUT2D eigenvalue weighted by Gasteiger charge is -2.34. The molecule has 1 amide bonds. The van der Waals surface area contributed by atoms with Gasteiger partial charge in [0.1, 0.15) is 22.7 Å². The predicted octanol–water partition coefficient (Wildman–Crippen LogP) is 1.72. The van der Waals surface area contributed by atoms with Gasteiger partial charge in [-0.15, -0.1) is 0 Å². The van der Waals surface area contributed by atoms with E-state index in [1.807, 2.05) is 26.8 Å². The van der Waals surface area contributed by atoms with Crippen LogP contribution in [0.15, 0.2) is 21.3 Å². The molecular formula is C23H30N2O6. The van der Waals surface area contributed by atoms with Crippen molar-refractivity contribution in [3.8, 4) is 11.5 Å². The second-order valence-electron chi connectivity index (χ2n) is 8.90. The zero-order chi connectivity index (χ0) is 22.2. The van der Waals surface area contributed by atoms with Crippen molar-refractivity contribution in [3.05, 3.63) is 33.7 Å². The number of aliphatic hydroxyl groups is 1. The second kappa shape index (κ2) is 8.51. The fourth-order valence-electron chi connectivity index (χ4n) is 4.33. The summed E-state index contributed by atoms with van der Waals surface area (Å²) in [7, 11) is 0. The maximum absolute atomic E-state index is 12.7. The Kier molecular flexibility index (Phi) is 5.94. The summed E-state index contributed by atoms with van der Waals surface area (Å²) in [5.41, 5.74) is 1.36. The fraction of sp³-hybridized carbons (Fsp3) is 0.565. The Morgan fingerprint density at radius 3 is 2.68 bits per heavy atom. The van der Waals surface area contributed by atoms with Crippen LogP contribution >= 0.6 is 0 Å². The summed E-state index contributed by atoms with van der Waals surface area (Å²) in [4.78, 5) is 28.7. The SMILES string of the molecule is Cc1cc(=O)oc2c3c(cc(OCC(=O)N4CCN(CCO)CC4)c12)OC(C)(C)CC3. The lowest BCUT2D eigenvalue weighted by molar-refractivity contribution is -0.135. The number of hydrogen-bond donors (Lipinski definition) is 1. The molecule has 2 aliphatic heterocycles. The lowest BCUT2D eigenvalue weighted by Crippen LogP contribution is -2.50. The molecule has 0 radical (unpaired) electrons. The van der Waals surface area contributed by atoms with E-state index in [0.717, 1.165) is 37.1 Å². The highest BCUT2D eigenvalue weighted by Crippen LogP contribution is 2.42. The van der Waals surface area contributed by atoms with Gasteiger partial charge in [0, 0.05) is 50.4 Å². The van der Waals surface area contributed by atoms with Crippen LogP contribution in [0.3, 0.4) is 0 Å². The third-order valence-electron chi connectivity index (χ3n) is 6.09. The molecule has 8 heteroatoms. The first-order valence-electron chi connectivity index (χ1n) is 10.8. The van der Waals surface area contributed by atoms with E-state index in [1.165, 1.54) is 6.07 Å². The molecule has 3 heterocycles. The van der Waals surface area contributed by atoms with Crippen molar-refractivity contribution < 1.29 is 23.8 Å². The first-order chi connectivity index (χ1) is 14.8. The minimum atomic E-state index is -0.411. The average Bonchev–Trinajstić information content (AvgIpc) is 2.71. The van der Waals surface area contributed by atoms with E-state index >= 15 is 0 Å². The van der Waals surface area contributed by atoms with Gasteiger partial charge in [-0.3, -0.25) is 9.69 Å². The Bertz CT molecular complexity index is 1040. The number of benzene rings is 1. The minimum Gasteiger partial charge on any atom is -0.487 e. The highest BCUT2D eigenvalue weighted by Gasteiger charge is 2.31. The molecule has 2 aromatic rings. The third-order valence-corrected chi connectivity index (χ3v) is 6.09. The van der Waals surface area contributed by atoms with Gasteiger partial charge in [-0.2, -0.15) is 0 Å². The van der Waals surface area contributed by atoms with Gasteiger partial charge < -0.3 is 23.9 Å². The van der Waals surface area contributed by atoms with Crippen LogP contribution < -0.4 is 15.1 Å². The van der Waals surface area contributed by atoms with Crippen molar-refractivity contribution in [2.75, 3.05) is 45.9 Å². The van der Waals surface area contributed by atoms with Gasteiger partial charge in [0.15, 0.2) is 6.61 Å². The number of amides is 1. The number of β-amino-alcohol motifs (C(OH)–C–C–N with tert-alkyl or cyclic N) is 1. The molecular weight excluding hydrogens is 400 g/mol. The van der Waals surface area contributed by atoms with Crippen molar-refractivity contribution in [2.24, 2.45) is 0 Å². The van der Waals surface area contributed by atoms with Crippen molar-refractivity contribution >= 4 is 16.9 Å². The molecule has 8 nitrogen and oxygen atoms in total. The van der Waals surface area contributed by atoms with Crippen molar-refractivity contribution in [1.82, 2.24) is 9.80 Å². The number of carbonyl (C=O) groups is 1. The Morgan fingerprint density at radius 1 is 1.23 bits per heavy atom. The minimum absolute atomic E-state index is 0.0918. The van der Waals surface area contributed by atoms with Crippen molar-refractivity contribution in [1.29, 1.82) is 0 Å². The summed E-state index contributed by atoms with van der Waals surface area (Å²) in [5.74, 6) is 1.03. The monoisotopic (exact) mass is 430 g/mol. The smallest absolute Gasteiger partial charge is 0.336 e. The van der Waals surface area contributed by atoms with E-state index in [4.69, 9.17) is 19.0 Å². The van der Waals surface area contributed by atoms with Crippen molar-refractivity contribution in [3.63, 3.8) is 0 Å². The average molecular weight is 431 g/mol. The summed E-state index contributed by atoms with van der Waals surface area (Å²) < 4.78 is 17.7. The summed E-state index contributed by atoms with van der Waals surface area (Å²) in [6.45, 7) is 9.22. The van der Waals surface area contributed by atoms with Gasteiger partial charge in [-0.1, -0.05) is 0 Å². The maximum Gasteiger partial charge on any atom is 0.336 e. The van der Waals surface area contributed by atoms with Gasteiger partial charge in [0.05, 0.1) is 12.0 Å². The number of fused-ring (bicyclic) bond motifs is 3. The standard InChI is InChI=1S/C23H30N2O6/c1-15-12-20(28)30-22-16-4-5-23(2,3)31-17(16)13-18(21(15)22)29-14-19(27)25-8-6-24(7-9-25)10-11-26/h12-13,26H,4-11,14H2,1-3H3. The molecule has 4 rings (SSSR count). The van der Waals surface area contributed by atoms with Gasteiger partial charge in [-0.25, -0.2) is 4.79 Å². The molecule has 1 fully saturated rings. The van der Waals surface area contributed by atoms with Gasteiger partial charge >= 0.3 is 5.63 Å². The number of piperazine rings is 1. The van der Waals surface area contributed by atoms with Crippen LogP contribution in [0.2, 0.25) is 0 Å². The van der Waals surface area contributed by atoms with E-state index < -0.39 is 5.63 Å². The molecule has 0 saturated carbocycles. The lowest BCUT2D eigenvalue weighted by atomic mass is 9.92. The third kappa shape index (κ3) is 4.55. The summed E-state index contributed by atoms with van der Waals surface area (Å²) in [6, 6.07) is 3.26. The van der Waals surface area contributed by atoms with Crippen molar-refractivity contribution in [2.45, 2.75) is 39.2 Å². The number of nitrogens with zero attached hydrogens (tertiary/aromatic N) is 2. The van der Waals surface area contributed by atoms with Crippen LogP contribution in [0.4, 0.5) is 0 Å². The molecule has 1 aromatic heterocycles. The summed E-state index contributed by atoms with van der Waals surface area (Å²) in [6.07, 6.45) is 1.55. The Hall–Kier alpha value is -2.58. The van der Waals surface area contributed by atoms with E-state index in [2.05, 4.69) is 4.90 Å². The quantitative estimate of drug-likeness (QED) is 0.722. The second-order valence-corrected chi connectivity index (χ2v) is 8.90. The largest absolute Gasteiger partial charge is 0.487 e. The maximum atomic E-state index is 12.7. The van der Waals surface area contributed by atoms with E-state index in [1.54, 1.807) is 4.90 Å². The highest BCUT2D eigenvalue weighted by atomic mass is 16.5. The summed E-state index contributed by atoms with van der Waals surface area (Å²) in [5, 5.41) is 9.78. The summed E-state index contributed by atoms with van der Waals surface area (Å²) >= 11 is 0. The molecule has 0 spiro atoms. The van der Waals surface area contributed by atoms with E-state index in [0.29, 0.717) is 42.1 Å². The number of ether oxygens (including phenoxy) is 2. The molecule has 0 atom stereocenters. The normalized spacial score (nSPS) is 18.5. The predicted molar refractivity (Wildman–Crippen MR) is 116 cm³/mol. The first-order valence-corrected chi connectivity index (χ1v) is 10.8. The topological polar surface area (TPSA) is 92.5 Å². The molecule has 168 valence electrons. The zero-order valence-corrected chi connectivity index (χ0v) is 18.4. The number of carbonyl (C=O) groups excluding carboxylic acids is 1. The van der Waals surface area contributed by atoms with E-state index in [9.17, 15) is 9.59 Å². The zero-order valence-electron chi connectivity index (χ0n) is 18.4. The molecule has 0 aliphatic carbocycles. The van der Waals surface area contributed by atoms with Crippen LogP contribution in [-0.2, 0) is 11.2 Å². The number of rotatable bonds is 5. The first kappa shape index (κ1) is 21.6. The van der Waals surface area contributed by atoms with Crippen LogP contribution in [0.25, 0.3) is 11.0 Å². The number of aryl methyl sites for hydroxylation is 2. The van der Waals surface area contributed by atoms with Gasteiger partial charge in [0.25, 0.3) is 5.91 Å². The van der Waals surface area contributed by atoms with Crippen LogP contribution in [0, 0.1) is 6.92 Å². The Morgan fingerprint density at radius 2 is 1.97 bits per heavy atom. The molecule has 1 N–H and O–H groups in total. The molecule has 0 bridgehead atoms. The van der Waals surface area contributed by atoms with Crippen LogP contribution in [0.5, 0.6) is 11.5 Å². The van der Waals surface area contributed by atoms with E-state index in [-0.39, 0.29) is 24.7 Å². The molecule has 31 heavy (non-hydrogen) atoms. The fourth-order valence-corrected chi connectivity index (χ4v) is 4.33. The molecule has 1 saturated heterocycles. The van der Waals surface area contributed by atoms with Gasteiger partial charge in [-0.05, 0) is 39.2 Å². The Labute approximate surface area is 181 Å². The highest BCUT2D eigenvalue weighted by molar-refractivity contribution is 5.91. The van der Waals surface area contributed by atoms with Crippen LogP contribution in [-0.4, -0.2) is 72.4 Å². The molecule has 0 unspecified atom stereocenters. The molecule has 2 aliphatic rings. The number of aliphatic hydroxyl groups excluding tert-OH is 1. The van der Waals surface area contributed by atoms with Crippen LogP contribution in [0.1, 0.15) is 31.4 Å². The number of hydrogen-bond acceptors (Lipinski definition) is 7. The molecule has 1 aromatic carbocycles.